The summed E-state index contributed by atoms with van der Waals surface area (Å²) in [4.78, 5) is 0. The highest BCUT2D eigenvalue weighted by atomic mass is 127. The maximum Gasteiger partial charge on any atom is 0.348 e. The summed E-state index contributed by atoms with van der Waals surface area (Å²) in [5.41, 5.74) is 0. The smallest absolute Gasteiger partial charge is 0.315 e. The van der Waals surface area contributed by atoms with Crippen molar-refractivity contribution in [1.82, 2.24) is 0 Å². The van der Waals surface area contributed by atoms with Gasteiger partial charge in [0.15, 0.2) is 6.29 Å². The first kappa shape index (κ1) is 8.61. The highest BCUT2D eigenvalue weighted by molar-refractivity contribution is 14.1. The molecule has 0 aromatic rings. The van der Waals surface area contributed by atoms with E-state index in [4.69, 9.17) is 9.47 Å². The summed E-state index contributed by atoms with van der Waals surface area (Å²) in [5.74, 6) is -1.72. The average molecular weight is 264 g/mol. The molecule has 0 radical (unpaired) electrons. The van der Waals surface area contributed by atoms with Gasteiger partial charge in [-0.2, -0.15) is 8.78 Å². The molecule has 0 amide bonds. The van der Waals surface area contributed by atoms with Gasteiger partial charge in [0.2, 0.25) is 5.79 Å². The predicted molar refractivity (Wildman–Crippen MR) is 39.0 cm³/mol. The molecule has 0 aliphatic carbocycles. The second kappa shape index (κ2) is 2.25. The van der Waals surface area contributed by atoms with Crippen LogP contribution in [0.3, 0.4) is 0 Å². The van der Waals surface area contributed by atoms with E-state index >= 15 is 0 Å². The summed E-state index contributed by atoms with van der Waals surface area (Å²) in [7, 11) is 0. The number of hydrogen-bond acceptors (Lipinski definition) is 2. The lowest BCUT2D eigenvalue weighted by atomic mass is 10.3. The third kappa shape index (κ3) is 1.26. The third-order valence-corrected chi connectivity index (χ3v) is 2.28. The second-order valence-corrected chi connectivity index (χ2v) is 3.60. The molecule has 60 valence electrons. The largest absolute Gasteiger partial charge is 0.348 e. The Morgan fingerprint density at radius 3 is 2.00 bits per heavy atom. The van der Waals surface area contributed by atoms with E-state index in [2.05, 4.69) is 0 Å². The van der Waals surface area contributed by atoms with Gasteiger partial charge in [-0.25, -0.2) is 0 Å². The van der Waals surface area contributed by atoms with Gasteiger partial charge in [-0.3, -0.25) is 0 Å². The van der Waals surface area contributed by atoms with Crippen molar-refractivity contribution in [2.45, 2.75) is 29.9 Å². The van der Waals surface area contributed by atoms with E-state index in [-0.39, 0.29) is 0 Å². The highest BCUT2D eigenvalue weighted by Gasteiger charge is 2.58. The molecule has 0 saturated carbocycles. The topological polar surface area (TPSA) is 18.5 Å². The fourth-order valence-electron chi connectivity index (χ4n) is 0.776. The molecule has 1 aliphatic heterocycles. The Bertz CT molecular complexity index is 139. The minimum absolute atomic E-state index is 0.509. The summed E-state index contributed by atoms with van der Waals surface area (Å²) < 4.78 is 31.4. The van der Waals surface area contributed by atoms with Crippen molar-refractivity contribution in [3.63, 3.8) is 0 Å². The van der Waals surface area contributed by atoms with Gasteiger partial charge < -0.3 is 9.47 Å². The molecule has 0 bridgehead atoms. The van der Waals surface area contributed by atoms with Crippen LogP contribution in [-0.4, -0.2) is 16.0 Å². The molecule has 1 fully saturated rings. The zero-order chi connectivity index (χ0) is 7.99. The molecule has 0 atom stereocenters. The van der Waals surface area contributed by atoms with E-state index in [1.165, 1.54) is 6.92 Å². The van der Waals surface area contributed by atoms with Gasteiger partial charge in [-0.15, -0.1) is 0 Å². The average Bonchev–Trinajstić information content (AvgIpc) is 1.58. The van der Waals surface area contributed by atoms with Crippen molar-refractivity contribution in [3.8, 4) is 0 Å². The van der Waals surface area contributed by atoms with Crippen LogP contribution < -0.4 is 0 Å². The molecule has 1 aliphatic rings. The van der Waals surface area contributed by atoms with Crippen LogP contribution >= 0.6 is 22.6 Å². The number of halogens is 3. The van der Waals surface area contributed by atoms with Gasteiger partial charge in [0, 0.05) is 22.6 Å². The van der Waals surface area contributed by atoms with Gasteiger partial charge in [0.25, 0.3) is 0 Å². The molecule has 5 heteroatoms. The highest BCUT2D eigenvalue weighted by Crippen LogP contribution is 2.45. The lowest BCUT2D eigenvalue weighted by Crippen LogP contribution is -2.58. The van der Waals surface area contributed by atoms with E-state index in [1.807, 2.05) is 0 Å². The van der Waals surface area contributed by atoms with E-state index in [0.29, 0.717) is 0 Å². The monoisotopic (exact) mass is 264 g/mol. The van der Waals surface area contributed by atoms with Crippen molar-refractivity contribution in [2.24, 2.45) is 0 Å². The van der Waals surface area contributed by atoms with Gasteiger partial charge in [-0.1, -0.05) is 0 Å². The number of rotatable bonds is 1. The first-order chi connectivity index (χ1) is 4.35. The maximum atomic E-state index is 12.5. The Morgan fingerprint density at radius 2 is 1.90 bits per heavy atom. The Balaban J connectivity index is 2.57. The van der Waals surface area contributed by atoms with E-state index in [0.717, 1.165) is 22.6 Å². The quantitative estimate of drug-likeness (QED) is 0.533. The first-order valence-electron chi connectivity index (χ1n) is 2.77. The molecule has 1 rings (SSSR count). The van der Waals surface area contributed by atoms with Gasteiger partial charge in [-0.05, 0) is 13.8 Å². The normalized spacial score (nSPS) is 41.1. The number of hydrogen-bond donors (Lipinski definition) is 0. The number of alkyl halides is 3. The molecule has 1 heterocycles. The molecule has 0 aromatic carbocycles. The Labute approximate surface area is 71.0 Å². The van der Waals surface area contributed by atoms with E-state index in [9.17, 15) is 8.78 Å². The standard InChI is InChI=1S/C5H7F2IO2/c1-3-9-4(2,10-3)5(6,7)8/h3H,1-2H3. The van der Waals surface area contributed by atoms with Crippen LogP contribution in [0.25, 0.3) is 0 Å². The van der Waals surface area contributed by atoms with E-state index < -0.39 is 16.0 Å². The fraction of sp³-hybridized carbons (Fsp3) is 1.00. The third-order valence-electron chi connectivity index (χ3n) is 1.30. The van der Waals surface area contributed by atoms with Crippen LogP contribution in [0.15, 0.2) is 0 Å². The molecule has 1 saturated heterocycles. The van der Waals surface area contributed by atoms with Gasteiger partial charge >= 0.3 is 3.93 Å². The Morgan fingerprint density at radius 1 is 1.50 bits per heavy atom. The van der Waals surface area contributed by atoms with Crippen LogP contribution in [0.1, 0.15) is 13.8 Å². The van der Waals surface area contributed by atoms with Gasteiger partial charge in [0.05, 0.1) is 0 Å². The minimum Gasteiger partial charge on any atom is -0.315 e. The van der Waals surface area contributed by atoms with Crippen molar-refractivity contribution in [3.05, 3.63) is 0 Å². The SMILES string of the molecule is CC1OC(C)(C(F)(F)I)O1. The zero-order valence-electron chi connectivity index (χ0n) is 5.53. The van der Waals surface area contributed by atoms with Crippen molar-refractivity contribution in [2.75, 3.05) is 0 Å². The summed E-state index contributed by atoms with van der Waals surface area (Å²) in [5, 5.41) is 0. The molecule has 0 unspecified atom stereocenters. The molecule has 0 spiro atoms. The molecule has 0 N–H and O–H groups in total. The predicted octanol–water partition coefficient (Wildman–Crippen LogP) is 2.12. The van der Waals surface area contributed by atoms with Gasteiger partial charge in [0.1, 0.15) is 0 Å². The second-order valence-electron chi connectivity index (χ2n) is 2.25. The van der Waals surface area contributed by atoms with Crippen molar-refractivity contribution < 1.29 is 18.3 Å². The van der Waals surface area contributed by atoms with E-state index in [1.54, 1.807) is 6.92 Å². The van der Waals surface area contributed by atoms with Crippen LogP contribution in [-0.2, 0) is 9.47 Å². The first-order valence-corrected chi connectivity index (χ1v) is 3.85. The fourth-order valence-corrected chi connectivity index (χ4v) is 1.03. The lowest BCUT2D eigenvalue weighted by molar-refractivity contribution is -0.470. The van der Waals surface area contributed by atoms with Crippen LogP contribution in [0.5, 0.6) is 0 Å². The lowest BCUT2D eigenvalue weighted by Gasteiger charge is -2.45. The number of ether oxygens (including phenoxy) is 2. The van der Waals surface area contributed by atoms with Crippen LogP contribution in [0, 0.1) is 0 Å². The summed E-state index contributed by atoms with van der Waals surface area (Å²) in [6.45, 7) is 2.80. The van der Waals surface area contributed by atoms with Crippen molar-refractivity contribution in [1.29, 1.82) is 0 Å². The van der Waals surface area contributed by atoms with Crippen LogP contribution in [0.2, 0.25) is 0 Å². The summed E-state index contributed by atoms with van der Waals surface area (Å²) in [6, 6.07) is 0. The molecular formula is C5H7F2IO2. The molecular weight excluding hydrogens is 257 g/mol. The summed E-state index contributed by atoms with van der Waals surface area (Å²) >= 11 is 0.997. The minimum atomic E-state index is -2.96. The Kier molecular flexibility index (Phi) is 1.93. The zero-order valence-corrected chi connectivity index (χ0v) is 7.69. The molecule has 2 nitrogen and oxygen atoms in total. The van der Waals surface area contributed by atoms with Crippen molar-refractivity contribution >= 4 is 22.6 Å². The summed E-state index contributed by atoms with van der Waals surface area (Å²) in [6.07, 6.45) is -0.509. The molecule has 10 heavy (non-hydrogen) atoms. The van der Waals surface area contributed by atoms with Crippen LogP contribution in [0.4, 0.5) is 8.78 Å². The molecule has 0 aromatic heterocycles. The Hall–Kier alpha value is 0.510. The maximum absolute atomic E-state index is 12.5.